The number of carbonyl (C=O) groups is 1. The lowest BCUT2D eigenvalue weighted by Crippen LogP contribution is -2.26. The Labute approximate surface area is 171 Å². The standard InChI is InChI=1S/C19H21ClN4OS2/c1-11-12(2)27-19-17(11)18(22-9-8-21-13(3)25)23-16(24-19)10-26-15-6-4-14(20)5-7-15/h4-7H,8-10H2,1-3H3,(H,21,25)(H,22,23,24). The number of nitrogens with zero attached hydrogens (tertiary/aromatic N) is 2. The third-order valence-electron chi connectivity index (χ3n) is 4.05. The maximum absolute atomic E-state index is 11.0. The summed E-state index contributed by atoms with van der Waals surface area (Å²) in [5.41, 5.74) is 1.20. The lowest BCUT2D eigenvalue weighted by atomic mass is 10.2. The molecule has 0 radical (unpaired) electrons. The van der Waals surface area contributed by atoms with Crippen LogP contribution in [0.3, 0.4) is 0 Å². The van der Waals surface area contributed by atoms with Crippen molar-refractivity contribution in [3.63, 3.8) is 0 Å². The van der Waals surface area contributed by atoms with Gasteiger partial charge in [0.1, 0.15) is 16.5 Å². The summed E-state index contributed by atoms with van der Waals surface area (Å²) < 4.78 is 0. The number of carbonyl (C=O) groups excluding carboxylic acids is 1. The molecule has 0 aliphatic rings. The highest BCUT2D eigenvalue weighted by atomic mass is 35.5. The molecule has 0 aliphatic heterocycles. The van der Waals surface area contributed by atoms with E-state index in [1.165, 1.54) is 17.4 Å². The fraction of sp³-hybridized carbons (Fsp3) is 0.316. The molecule has 0 fully saturated rings. The molecule has 0 unspecified atom stereocenters. The zero-order valence-electron chi connectivity index (χ0n) is 15.4. The van der Waals surface area contributed by atoms with Gasteiger partial charge in [-0.25, -0.2) is 9.97 Å². The van der Waals surface area contributed by atoms with Crippen molar-refractivity contribution < 1.29 is 4.79 Å². The van der Waals surface area contributed by atoms with Crippen molar-refractivity contribution in [1.29, 1.82) is 0 Å². The molecule has 8 heteroatoms. The third-order valence-corrected chi connectivity index (χ3v) is 6.41. The van der Waals surface area contributed by atoms with E-state index in [2.05, 4.69) is 24.5 Å². The Hall–Kier alpha value is -1.83. The van der Waals surface area contributed by atoms with Gasteiger partial charge in [0.15, 0.2) is 0 Å². The van der Waals surface area contributed by atoms with Gasteiger partial charge in [-0.2, -0.15) is 0 Å². The molecule has 0 aliphatic carbocycles. The molecule has 142 valence electrons. The Bertz CT molecular complexity index is 956. The van der Waals surface area contributed by atoms with Gasteiger partial charge in [-0.15, -0.1) is 23.1 Å². The van der Waals surface area contributed by atoms with E-state index in [0.717, 1.165) is 31.8 Å². The van der Waals surface area contributed by atoms with E-state index in [-0.39, 0.29) is 5.91 Å². The van der Waals surface area contributed by atoms with Gasteiger partial charge in [0.25, 0.3) is 0 Å². The van der Waals surface area contributed by atoms with Crippen LogP contribution in [0.15, 0.2) is 29.2 Å². The summed E-state index contributed by atoms with van der Waals surface area (Å²) in [6, 6.07) is 7.76. The molecule has 0 saturated heterocycles. The van der Waals surface area contributed by atoms with Crippen molar-refractivity contribution in [2.75, 3.05) is 18.4 Å². The number of nitrogens with one attached hydrogen (secondary N) is 2. The van der Waals surface area contributed by atoms with Crippen LogP contribution in [0.25, 0.3) is 10.2 Å². The van der Waals surface area contributed by atoms with E-state index in [1.54, 1.807) is 23.1 Å². The largest absolute Gasteiger partial charge is 0.368 e. The normalized spacial score (nSPS) is 11.0. The molecule has 5 nitrogen and oxygen atoms in total. The number of hydrogen-bond donors (Lipinski definition) is 2. The van der Waals surface area contributed by atoms with Crippen molar-refractivity contribution in [2.24, 2.45) is 0 Å². The van der Waals surface area contributed by atoms with Gasteiger partial charge in [-0.1, -0.05) is 11.6 Å². The monoisotopic (exact) mass is 420 g/mol. The molecular weight excluding hydrogens is 400 g/mol. The lowest BCUT2D eigenvalue weighted by Gasteiger charge is -2.10. The van der Waals surface area contributed by atoms with Crippen LogP contribution in [-0.2, 0) is 10.5 Å². The second kappa shape index (κ2) is 8.91. The van der Waals surface area contributed by atoms with Gasteiger partial charge in [-0.3, -0.25) is 4.79 Å². The average Bonchev–Trinajstić information content (AvgIpc) is 2.92. The Kier molecular flexibility index (Phi) is 6.57. The molecule has 0 bridgehead atoms. The first-order valence-electron chi connectivity index (χ1n) is 8.57. The maximum atomic E-state index is 11.0. The Morgan fingerprint density at radius 1 is 1.19 bits per heavy atom. The van der Waals surface area contributed by atoms with Crippen LogP contribution in [0, 0.1) is 13.8 Å². The Morgan fingerprint density at radius 3 is 2.63 bits per heavy atom. The summed E-state index contributed by atoms with van der Waals surface area (Å²) in [4.78, 5) is 23.9. The number of fused-ring (bicyclic) bond motifs is 1. The molecule has 0 atom stereocenters. The van der Waals surface area contributed by atoms with Gasteiger partial charge in [0.05, 0.1) is 11.1 Å². The summed E-state index contributed by atoms with van der Waals surface area (Å²) in [5, 5.41) is 7.95. The number of rotatable bonds is 7. The fourth-order valence-corrected chi connectivity index (χ4v) is 4.51. The minimum atomic E-state index is -0.0350. The molecule has 3 aromatic rings. The van der Waals surface area contributed by atoms with E-state index in [1.807, 2.05) is 24.3 Å². The van der Waals surface area contributed by atoms with Crippen LogP contribution >= 0.6 is 34.7 Å². The number of halogens is 1. The minimum absolute atomic E-state index is 0.0350. The van der Waals surface area contributed by atoms with Crippen molar-refractivity contribution in [2.45, 2.75) is 31.4 Å². The second-order valence-corrected chi connectivity index (χ2v) is 8.79. The SMILES string of the molecule is CC(=O)NCCNc1nc(CSc2ccc(Cl)cc2)nc2sc(C)c(C)c12. The maximum Gasteiger partial charge on any atom is 0.216 e. The van der Waals surface area contributed by atoms with Gasteiger partial charge < -0.3 is 10.6 Å². The van der Waals surface area contributed by atoms with Crippen LogP contribution in [0.4, 0.5) is 5.82 Å². The first-order chi connectivity index (χ1) is 12.9. The zero-order valence-corrected chi connectivity index (χ0v) is 17.8. The van der Waals surface area contributed by atoms with Crippen LogP contribution in [0.1, 0.15) is 23.2 Å². The highest BCUT2D eigenvalue weighted by Crippen LogP contribution is 2.34. The third kappa shape index (κ3) is 5.12. The molecule has 1 amide bonds. The number of benzene rings is 1. The number of hydrogen-bond acceptors (Lipinski definition) is 6. The summed E-state index contributed by atoms with van der Waals surface area (Å²) in [5.74, 6) is 2.25. The molecule has 27 heavy (non-hydrogen) atoms. The van der Waals surface area contributed by atoms with E-state index in [4.69, 9.17) is 21.6 Å². The second-order valence-electron chi connectivity index (χ2n) is 6.10. The number of thiophene rings is 1. The van der Waals surface area contributed by atoms with E-state index < -0.39 is 0 Å². The average molecular weight is 421 g/mol. The van der Waals surface area contributed by atoms with Crippen LogP contribution < -0.4 is 10.6 Å². The Balaban J connectivity index is 1.80. The highest BCUT2D eigenvalue weighted by Gasteiger charge is 2.14. The molecular formula is C19H21ClN4OS2. The number of amides is 1. The Morgan fingerprint density at radius 2 is 1.93 bits per heavy atom. The van der Waals surface area contributed by atoms with E-state index in [0.29, 0.717) is 18.8 Å². The number of thioether (sulfide) groups is 1. The van der Waals surface area contributed by atoms with Crippen LogP contribution in [0.2, 0.25) is 5.02 Å². The van der Waals surface area contributed by atoms with Crippen molar-refractivity contribution in [1.82, 2.24) is 15.3 Å². The van der Waals surface area contributed by atoms with Gasteiger partial charge in [0.2, 0.25) is 5.91 Å². The summed E-state index contributed by atoms with van der Waals surface area (Å²) in [6.07, 6.45) is 0. The van der Waals surface area contributed by atoms with Crippen molar-refractivity contribution in [3.05, 3.63) is 45.6 Å². The lowest BCUT2D eigenvalue weighted by molar-refractivity contribution is -0.118. The molecule has 2 N–H and O–H groups in total. The number of anilines is 1. The molecule has 2 heterocycles. The molecule has 0 spiro atoms. The molecule has 0 saturated carbocycles. The fourth-order valence-electron chi connectivity index (χ4n) is 2.58. The van der Waals surface area contributed by atoms with Crippen LogP contribution in [-0.4, -0.2) is 29.0 Å². The summed E-state index contributed by atoms with van der Waals surface area (Å²) >= 11 is 9.31. The number of aryl methyl sites for hydroxylation is 2. The van der Waals surface area contributed by atoms with Gasteiger partial charge in [-0.05, 0) is 43.7 Å². The van der Waals surface area contributed by atoms with Crippen LogP contribution in [0.5, 0.6) is 0 Å². The predicted octanol–water partition coefficient (Wildman–Crippen LogP) is 4.80. The molecule has 3 rings (SSSR count). The zero-order chi connectivity index (χ0) is 19.4. The van der Waals surface area contributed by atoms with Crippen molar-refractivity contribution >= 4 is 56.6 Å². The molecule has 2 aromatic heterocycles. The quantitative estimate of drug-likeness (QED) is 0.424. The topological polar surface area (TPSA) is 66.9 Å². The summed E-state index contributed by atoms with van der Waals surface area (Å²) in [6.45, 7) is 6.88. The number of aromatic nitrogens is 2. The summed E-state index contributed by atoms with van der Waals surface area (Å²) in [7, 11) is 0. The molecule has 1 aromatic carbocycles. The van der Waals surface area contributed by atoms with E-state index >= 15 is 0 Å². The minimum Gasteiger partial charge on any atom is -0.368 e. The van der Waals surface area contributed by atoms with E-state index in [9.17, 15) is 4.79 Å². The van der Waals surface area contributed by atoms with Gasteiger partial charge in [0, 0.05) is 34.8 Å². The first-order valence-corrected chi connectivity index (χ1v) is 10.8. The van der Waals surface area contributed by atoms with Gasteiger partial charge >= 0.3 is 0 Å². The first kappa shape index (κ1) is 19.9. The van der Waals surface area contributed by atoms with Crippen molar-refractivity contribution in [3.8, 4) is 0 Å². The highest BCUT2D eigenvalue weighted by molar-refractivity contribution is 7.98. The predicted molar refractivity (Wildman–Crippen MR) is 115 cm³/mol. The smallest absolute Gasteiger partial charge is 0.216 e.